The minimum Gasteiger partial charge on any atom is -0.368 e. The van der Waals surface area contributed by atoms with Crippen LogP contribution in [0.1, 0.15) is 33.1 Å². The van der Waals surface area contributed by atoms with E-state index in [1.807, 2.05) is 14.0 Å². The third kappa shape index (κ3) is 4.06. The molecule has 0 radical (unpaired) electrons. The standard InChI is InChI=1S/C24H31N5/c1-17(2)18(3)14-21(25-4)22-15-23(19-6-5-7-19)29-16-20(8-9-24(29)27-22)28-12-10-26-11-13-28/h8-9,14-16,26H,1,5-7,10-13H2,2-4H3/b18-14+,25-21?. The molecule has 0 atom stereocenters. The van der Waals surface area contributed by atoms with Crippen LogP contribution in [-0.2, 0) is 0 Å². The predicted octanol–water partition coefficient (Wildman–Crippen LogP) is 3.93. The normalized spacial score (nSPS) is 22.7. The Morgan fingerprint density at radius 1 is 1.21 bits per heavy atom. The highest BCUT2D eigenvalue weighted by Gasteiger charge is 2.27. The molecule has 0 bridgehead atoms. The van der Waals surface area contributed by atoms with Crippen LogP contribution in [0.25, 0.3) is 0 Å². The molecule has 4 rings (SSSR count). The Bertz CT molecular complexity index is 911. The first-order valence-electron chi connectivity index (χ1n) is 10.6. The summed E-state index contributed by atoms with van der Waals surface area (Å²) in [5.41, 5.74) is 8.07. The molecular formula is C24H31N5. The lowest BCUT2D eigenvalue weighted by Crippen LogP contribution is -2.44. The Labute approximate surface area is 174 Å². The number of nitrogens with one attached hydrogen (secondary N) is 1. The van der Waals surface area contributed by atoms with Crippen LogP contribution in [0.2, 0.25) is 0 Å². The van der Waals surface area contributed by atoms with Gasteiger partial charge in [-0.3, -0.25) is 9.89 Å². The van der Waals surface area contributed by atoms with Crippen molar-refractivity contribution in [3.8, 4) is 0 Å². The number of nitrogens with zero attached hydrogens (tertiary/aromatic N) is 4. The molecule has 0 unspecified atom stereocenters. The lowest BCUT2D eigenvalue weighted by atomic mass is 9.89. The minimum absolute atomic E-state index is 0.903. The molecule has 0 aromatic carbocycles. The van der Waals surface area contributed by atoms with Crippen molar-refractivity contribution in [3.05, 3.63) is 70.9 Å². The van der Waals surface area contributed by atoms with Crippen molar-refractivity contribution < 1.29 is 0 Å². The van der Waals surface area contributed by atoms with Crippen molar-refractivity contribution in [2.24, 2.45) is 9.98 Å². The number of aliphatic imine (C=N–C) groups is 2. The summed E-state index contributed by atoms with van der Waals surface area (Å²) in [4.78, 5) is 14.2. The summed E-state index contributed by atoms with van der Waals surface area (Å²) in [6, 6.07) is 0. The molecule has 2 fully saturated rings. The van der Waals surface area contributed by atoms with Crippen molar-refractivity contribution in [1.29, 1.82) is 0 Å². The molecule has 0 aromatic heterocycles. The second-order valence-electron chi connectivity index (χ2n) is 8.05. The van der Waals surface area contributed by atoms with Crippen molar-refractivity contribution in [2.45, 2.75) is 33.1 Å². The average molecular weight is 390 g/mol. The Kier molecular flexibility index (Phi) is 5.67. The number of allylic oxidation sites excluding steroid dienone is 6. The van der Waals surface area contributed by atoms with E-state index in [-0.39, 0.29) is 0 Å². The predicted molar refractivity (Wildman–Crippen MR) is 122 cm³/mol. The van der Waals surface area contributed by atoms with Crippen LogP contribution >= 0.6 is 0 Å². The summed E-state index contributed by atoms with van der Waals surface area (Å²) in [6.07, 6.45) is 14.5. The molecular weight excluding hydrogens is 358 g/mol. The van der Waals surface area contributed by atoms with Gasteiger partial charge in [0.2, 0.25) is 0 Å². The van der Waals surface area contributed by atoms with Crippen LogP contribution in [0.15, 0.2) is 80.9 Å². The molecule has 29 heavy (non-hydrogen) atoms. The number of piperazine rings is 1. The minimum atomic E-state index is 0.903. The Morgan fingerprint density at radius 3 is 2.59 bits per heavy atom. The second kappa shape index (κ2) is 8.37. The zero-order valence-corrected chi connectivity index (χ0v) is 17.8. The molecule has 0 aromatic rings. The quantitative estimate of drug-likeness (QED) is 0.585. The van der Waals surface area contributed by atoms with Gasteiger partial charge in [-0.15, -0.1) is 0 Å². The smallest absolute Gasteiger partial charge is 0.137 e. The van der Waals surface area contributed by atoms with Crippen LogP contribution in [0.4, 0.5) is 0 Å². The van der Waals surface area contributed by atoms with Gasteiger partial charge in [0.15, 0.2) is 0 Å². The molecule has 1 saturated carbocycles. The van der Waals surface area contributed by atoms with E-state index in [1.165, 1.54) is 36.2 Å². The largest absolute Gasteiger partial charge is 0.368 e. The fraction of sp³-hybridized carbons (Fsp3) is 0.417. The molecule has 152 valence electrons. The second-order valence-corrected chi connectivity index (χ2v) is 8.05. The van der Waals surface area contributed by atoms with Gasteiger partial charge in [-0.25, -0.2) is 4.99 Å². The van der Waals surface area contributed by atoms with E-state index in [0.29, 0.717) is 0 Å². The lowest BCUT2D eigenvalue weighted by molar-refractivity contribution is 0.303. The van der Waals surface area contributed by atoms with E-state index < -0.39 is 0 Å². The van der Waals surface area contributed by atoms with Gasteiger partial charge in [0.1, 0.15) is 5.84 Å². The zero-order chi connectivity index (χ0) is 20.4. The third-order valence-corrected chi connectivity index (χ3v) is 6.01. The number of rotatable bonds is 4. The maximum atomic E-state index is 4.96. The fourth-order valence-electron chi connectivity index (χ4n) is 3.83. The van der Waals surface area contributed by atoms with Gasteiger partial charge in [0.25, 0.3) is 0 Å². The molecule has 1 saturated heterocycles. The number of fused-ring (bicyclic) bond motifs is 1. The van der Waals surface area contributed by atoms with Gasteiger partial charge in [-0.05, 0) is 68.6 Å². The van der Waals surface area contributed by atoms with Crippen LogP contribution in [0.5, 0.6) is 0 Å². The zero-order valence-electron chi connectivity index (χ0n) is 17.8. The number of hydrogen-bond donors (Lipinski definition) is 1. The summed E-state index contributed by atoms with van der Waals surface area (Å²) < 4.78 is 0. The molecule has 0 amide bonds. The molecule has 1 N–H and O–H groups in total. The van der Waals surface area contributed by atoms with Crippen LogP contribution in [0.3, 0.4) is 0 Å². The first-order chi connectivity index (χ1) is 14.1. The van der Waals surface area contributed by atoms with Crippen LogP contribution in [0, 0.1) is 0 Å². The summed E-state index contributed by atoms with van der Waals surface area (Å²) in [7, 11) is 1.83. The highest BCUT2D eigenvalue weighted by atomic mass is 15.3. The van der Waals surface area contributed by atoms with Gasteiger partial charge < -0.3 is 10.2 Å². The highest BCUT2D eigenvalue weighted by molar-refractivity contribution is 6.12. The first kappa shape index (κ1) is 19.6. The third-order valence-electron chi connectivity index (χ3n) is 6.01. The summed E-state index contributed by atoms with van der Waals surface area (Å²) in [6.45, 7) is 12.3. The van der Waals surface area contributed by atoms with Gasteiger partial charge in [0, 0.05) is 45.1 Å². The summed E-state index contributed by atoms with van der Waals surface area (Å²) >= 11 is 0. The van der Waals surface area contributed by atoms with Crippen LogP contribution in [-0.4, -0.2) is 54.6 Å². The van der Waals surface area contributed by atoms with Crippen molar-refractivity contribution in [3.63, 3.8) is 0 Å². The maximum absolute atomic E-state index is 4.96. The number of amidine groups is 1. The van der Waals surface area contributed by atoms with Crippen molar-refractivity contribution in [2.75, 3.05) is 33.2 Å². The molecule has 3 heterocycles. The van der Waals surface area contributed by atoms with Gasteiger partial charge in [-0.2, -0.15) is 0 Å². The molecule has 3 aliphatic heterocycles. The van der Waals surface area contributed by atoms with Gasteiger partial charge >= 0.3 is 0 Å². The topological polar surface area (TPSA) is 43.2 Å². The maximum Gasteiger partial charge on any atom is 0.137 e. The summed E-state index contributed by atoms with van der Waals surface area (Å²) in [5.74, 6) is 0.971. The Morgan fingerprint density at radius 2 is 1.97 bits per heavy atom. The molecule has 5 heteroatoms. The highest BCUT2D eigenvalue weighted by Crippen LogP contribution is 2.35. The van der Waals surface area contributed by atoms with Crippen molar-refractivity contribution in [1.82, 2.24) is 15.1 Å². The lowest BCUT2D eigenvalue weighted by Gasteiger charge is -2.37. The van der Waals surface area contributed by atoms with Crippen molar-refractivity contribution >= 4 is 11.5 Å². The molecule has 0 spiro atoms. The van der Waals surface area contributed by atoms with E-state index in [0.717, 1.165) is 54.6 Å². The van der Waals surface area contributed by atoms with Gasteiger partial charge in [0.05, 0.1) is 17.1 Å². The van der Waals surface area contributed by atoms with Crippen LogP contribution < -0.4 is 5.32 Å². The first-order valence-corrected chi connectivity index (χ1v) is 10.6. The molecule has 4 aliphatic rings. The fourth-order valence-corrected chi connectivity index (χ4v) is 3.83. The van der Waals surface area contributed by atoms with E-state index in [4.69, 9.17) is 4.99 Å². The monoisotopic (exact) mass is 389 g/mol. The summed E-state index contributed by atoms with van der Waals surface area (Å²) in [5, 5.41) is 3.43. The van der Waals surface area contributed by atoms with E-state index in [1.54, 1.807) is 0 Å². The molecule has 5 nitrogen and oxygen atoms in total. The van der Waals surface area contributed by atoms with E-state index >= 15 is 0 Å². The number of hydrogen-bond acceptors (Lipinski definition) is 5. The molecule has 1 aliphatic carbocycles. The Balaban J connectivity index is 1.70. The Hall–Kier alpha value is -2.66. The SMILES string of the molecule is C=C(C)/C(C)=C/C(=NC)C1=CC(=C2CCC2)N2C=C(N3CCNCC3)C=CC2=N1. The van der Waals surface area contributed by atoms with E-state index in [9.17, 15) is 0 Å². The van der Waals surface area contributed by atoms with E-state index in [2.05, 4.69) is 64.1 Å². The van der Waals surface area contributed by atoms with Gasteiger partial charge in [-0.1, -0.05) is 12.2 Å². The average Bonchev–Trinajstić information content (AvgIpc) is 2.70.